The van der Waals surface area contributed by atoms with E-state index in [1.807, 2.05) is 42.5 Å². The standard InChI is InChI=1S/C17H14N6/c18-16-15-10-21-23(17(15)20-11-22(16)19)14-8-6-13(7-9-14)12-4-2-1-3-5-12/h1-11,18H,19H2. The third-order valence-corrected chi connectivity index (χ3v) is 3.78. The molecule has 0 bridgehead atoms. The van der Waals surface area contributed by atoms with Gasteiger partial charge in [0, 0.05) is 0 Å². The Bertz CT molecular complexity index is 1030. The highest BCUT2D eigenvalue weighted by atomic mass is 15.3. The van der Waals surface area contributed by atoms with Gasteiger partial charge in [0.1, 0.15) is 6.33 Å². The predicted molar refractivity (Wildman–Crippen MR) is 88.3 cm³/mol. The fourth-order valence-electron chi connectivity index (χ4n) is 2.56. The molecular formula is C17H14N6. The van der Waals surface area contributed by atoms with E-state index in [0.29, 0.717) is 11.0 Å². The van der Waals surface area contributed by atoms with Crippen LogP contribution in [0.4, 0.5) is 0 Å². The molecule has 112 valence electrons. The SMILES string of the molecule is N=c1c2cnn(-c3ccc(-c4ccccc4)cc3)c2ncn1N. The molecule has 0 spiro atoms. The lowest BCUT2D eigenvalue weighted by molar-refractivity contribution is 0.851. The number of hydrogen-bond acceptors (Lipinski definition) is 4. The molecule has 0 amide bonds. The van der Waals surface area contributed by atoms with Crippen LogP contribution in [0.5, 0.6) is 0 Å². The van der Waals surface area contributed by atoms with Crippen LogP contribution in [0.1, 0.15) is 0 Å². The number of rotatable bonds is 2. The maximum atomic E-state index is 7.96. The molecule has 6 heteroatoms. The quantitative estimate of drug-likeness (QED) is 0.556. The fourth-order valence-corrected chi connectivity index (χ4v) is 2.56. The third-order valence-electron chi connectivity index (χ3n) is 3.78. The van der Waals surface area contributed by atoms with Crippen molar-refractivity contribution in [2.75, 3.05) is 5.84 Å². The third kappa shape index (κ3) is 2.17. The first-order chi connectivity index (χ1) is 11.2. The minimum atomic E-state index is 0.183. The van der Waals surface area contributed by atoms with Gasteiger partial charge in [-0.25, -0.2) is 14.3 Å². The molecule has 3 N–H and O–H groups in total. The lowest BCUT2D eigenvalue weighted by Crippen LogP contribution is -2.27. The number of nitrogen functional groups attached to an aromatic ring is 1. The monoisotopic (exact) mass is 302 g/mol. The summed E-state index contributed by atoms with van der Waals surface area (Å²) >= 11 is 0. The van der Waals surface area contributed by atoms with E-state index < -0.39 is 0 Å². The summed E-state index contributed by atoms with van der Waals surface area (Å²) in [5, 5.41) is 12.9. The largest absolute Gasteiger partial charge is 0.336 e. The molecule has 0 saturated heterocycles. The normalized spacial score (nSPS) is 11.0. The molecule has 0 radical (unpaired) electrons. The van der Waals surface area contributed by atoms with Gasteiger partial charge in [-0.3, -0.25) is 5.41 Å². The molecule has 23 heavy (non-hydrogen) atoms. The van der Waals surface area contributed by atoms with Gasteiger partial charge in [0.2, 0.25) is 0 Å². The summed E-state index contributed by atoms with van der Waals surface area (Å²) < 4.78 is 2.88. The number of benzene rings is 2. The Hall–Kier alpha value is -3.41. The molecule has 4 rings (SSSR count). The number of nitrogens with two attached hydrogens (primary N) is 1. The van der Waals surface area contributed by atoms with Crippen LogP contribution >= 0.6 is 0 Å². The average molecular weight is 302 g/mol. The second kappa shape index (κ2) is 5.10. The second-order valence-electron chi connectivity index (χ2n) is 5.21. The first kappa shape index (κ1) is 13.3. The van der Waals surface area contributed by atoms with Crippen LogP contribution in [0.3, 0.4) is 0 Å². The lowest BCUT2D eigenvalue weighted by atomic mass is 10.1. The minimum absolute atomic E-state index is 0.183. The zero-order valence-electron chi connectivity index (χ0n) is 12.2. The second-order valence-corrected chi connectivity index (χ2v) is 5.21. The van der Waals surface area contributed by atoms with Crippen molar-refractivity contribution < 1.29 is 0 Å². The number of hydrogen-bond donors (Lipinski definition) is 2. The smallest absolute Gasteiger partial charge is 0.168 e. The van der Waals surface area contributed by atoms with Crippen molar-refractivity contribution in [2.45, 2.75) is 0 Å². The van der Waals surface area contributed by atoms with E-state index in [-0.39, 0.29) is 5.49 Å². The fraction of sp³-hybridized carbons (Fsp3) is 0. The zero-order chi connectivity index (χ0) is 15.8. The number of nitrogens with zero attached hydrogens (tertiary/aromatic N) is 4. The summed E-state index contributed by atoms with van der Waals surface area (Å²) in [6.07, 6.45) is 3.03. The van der Waals surface area contributed by atoms with Crippen LogP contribution < -0.4 is 11.3 Å². The first-order valence-electron chi connectivity index (χ1n) is 7.15. The van der Waals surface area contributed by atoms with Crippen LogP contribution in [-0.2, 0) is 0 Å². The van der Waals surface area contributed by atoms with Crippen LogP contribution in [0.25, 0.3) is 27.8 Å². The maximum absolute atomic E-state index is 7.96. The summed E-state index contributed by atoms with van der Waals surface area (Å²) in [5.74, 6) is 5.65. The van der Waals surface area contributed by atoms with Crippen molar-refractivity contribution in [1.82, 2.24) is 19.4 Å². The van der Waals surface area contributed by atoms with Gasteiger partial charge in [-0.1, -0.05) is 42.5 Å². The van der Waals surface area contributed by atoms with Crippen molar-refractivity contribution in [3.8, 4) is 16.8 Å². The Balaban J connectivity index is 1.80. The first-order valence-corrected chi connectivity index (χ1v) is 7.15. The highest BCUT2D eigenvalue weighted by Crippen LogP contribution is 2.21. The number of fused-ring (bicyclic) bond motifs is 1. The molecule has 2 aromatic carbocycles. The van der Waals surface area contributed by atoms with Crippen LogP contribution in [0.2, 0.25) is 0 Å². The molecule has 2 aromatic heterocycles. The van der Waals surface area contributed by atoms with E-state index >= 15 is 0 Å². The molecule has 0 aliphatic heterocycles. The molecule has 0 saturated carbocycles. The Morgan fingerprint density at radius 2 is 1.61 bits per heavy atom. The average Bonchev–Trinajstić information content (AvgIpc) is 3.04. The zero-order valence-corrected chi connectivity index (χ0v) is 12.2. The molecule has 6 nitrogen and oxygen atoms in total. The summed E-state index contributed by atoms with van der Waals surface area (Å²) in [5.41, 5.74) is 3.99. The van der Waals surface area contributed by atoms with E-state index in [1.165, 1.54) is 16.6 Å². The van der Waals surface area contributed by atoms with E-state index in [1.54, 1.807) is 10.9 Å². The van der Waals surface area contributed by atoms with Crippen LogP contribution in [0.15, 0.2) is 67.1 Å². The Morgan fingerprint density at radius 3 is 2.35 bits per heavy atom. The van der Waals surface area contributed by atoms with Crippen LogP contribution in [-0.4, -0.2) is 19.4 Å². The van der Waals surface area contributed by atoms with Crippen molar-refractivity contribution >= 4 is 11.0 Å². The molecular weight excluding hydrogens is 288 g/mol. The topological polar surface area (TPSA) is 85.5 Å². The van der Waals surface area contributed by atoms with Crippen molar-refractivity contribution in [2.24, 2.45) is 0 Å². The van der Waals surface area contributed by atoms with Crippen molar-refractivity contribution in [3.05, 3.63) is 72.6 Å². The van der Waals surface area contributed by atoms with Gasteiger partial charge < -0.3 is 5.84 Å². The summed E-state index contributed by atoms with van der Waals surface area (Å²) in [4.78, 5) is 4.28. The molecule has 0 aliphatic rings. The lowest BCUT2D eigenvalue weighted by Gasteiger charge is -2.06. The van der Waals surface area contributed by atoms with E-state index in [0.717, 1.165) is 11.3 Å². The summed E-state index contributed by atoms with van der Waals surface area (Å²) in [7, 11) is 0. The van der Waals surface area contributed by atoms with E-state index in [4.69, 9.17) is 11.3 Å². The Kier molecular flexibility index (Phi) is 2.94. The van der Waals surface area contributed by atoms with Gasteiger partial charge >= 0.3 is 0 Å². The van der Waals surface area contributed by atoms with Gasteiger partial charge in [-0.2, -0.15) is 5.10 Å². The van der Waals surface area contributed by atoms with Crippen molar-refractivity contribution in [3.63, 3.8) is 0 Å². The minimum Gasteiger partial charge on any atom is -0.336 e. The Labute approximate surface area is 131 Å². The highest BCUT2D eigenvalue weighted by Gasteiger charge is 2.09. The molecule has 0 aliphatic carbocycles. The number of aromatic nitrogens is 4. The van der Waals surface area contributed by atoms with Gasteiger partial charge in [0.05, 0.1) is 17.3 Å². The van der Waals surface area contributed by atoms with Crippen LogP contribution in [0, 0.1) is 5.41 Å². The highest BCUT2D eigenvalue weighted by molar-refractivity contribution is 5.75. The van der Waals surface area contributed by atoms with E-state index in [9.17, 15) is 0 Å². The van der Waals surface area contributed by atoms with Gasteiger partial charge in [0.25, 0.3) is 0 Å². The van der Waals surface area contributed by atoms with Gasteiger partial charge in [-0.15, -0.1) is 0 Å². The van der Waals surface area contributed by atoms with Gasteiger partial charge in [0.15, 0.2) is 11.1 Å². The molecule has 0 fully saturated rings. The van der Waals surface area contributed by atoms with Gasteiger partial charge in [-0.05, 0) is 23.3 Å². The molecule has 2 heterocycles. The van der Waals surface area contributed by atoms with Crippen molar-refractivity contribution in [1.29, 1.82) is 5.41 Å². The van der Waals surface area contributed by atoms with E-state index in [2.05, 4.69) is 22.2 Å². The molecule has 0 atom stereocenters. The molecule has 0 unspecified atom stereocenters. The summed E-state index contributed by atoms with van der Waals surface area (Å²) in [6.45, 7) is 0. The Morgan fingerprint density at radius 1 is 0.913 bits per heavy atom. The molecule has 4 aromatic rings. The summed E-state index contributed by atoms with van der Waals surface area (Å²) in [6, 6.07) is 18.3. The maximum Gasteiger partial charge on any atom is 0.168 e. The predicted octanol–water partition coefficient (Wildman–Crippen LogP) is 2.08. The number of nitrogens with one attached hydrogen (secondary N) is 1.